The molecule has 1 amide bonds. The van der Waals surface area contributed by atoms with Gasteiger partial charge in [-0.1, -0.05) is 47.2 Å². The molecule has 26 heavy (non-hydrogen) atoms. The second-order valence-corrected chi connectivity index (χ2v) is 9.76. The smallest absolute Gasteiger partial charge is 0.282 e. The van der Waals surface area contributed by atoms with Gasteiger partial charge in [0, 0.05) is 16.8 Å². The van der Waals surface area contributed by atoms with E-state index in [1.165, 1.54) is 17.6 Å². The molecule has 0 saturated carbocycles. The van der Waals surface area contributed by atoms with Crippen LogP contribution in [0.15, 0.2) is 35.5 Å². The van der Waals surface area contributed by atoms with Gasteiger partial charge in [0.05, 0.1) is 0 Å². The third kappa shape index (κ3) is 7.73. The first kappa shape index (κ1) is 23.1. The van der Waals surface area contributed by atoms with Crippen molar-refractivity contribution < 1.29 is 4.79 Å². The second-order valence-electron chi connectivity index (χ2n) is 8.40. The number of allylic oxidation sites excluding steroid dienone is 5. The van der Waals surface area contributed by atoms with Crippen molar-refractivity contribution in [3.63, 3.8) is 0 Å². The Bertz CT molecular complexity index is 532. The number of rotatable bonds is 8. The molecule has 0 aromatic rings. The van der Waals surface area contributed by atoms with Crippen molar-refractivity contribution in [3.8, 4) is 0 Å². The molecule has 3 heteroatoms. The summed E-state index contributed by atoms with van der Waals surface area (Å²) in [5.41, 5.74) is 2.81. The quantitative estimate of drug-likeness (QED) is 0.408. The van der Waals surface area contributed by atoms with Crippen LogP contribution in [-0.4, -0.2) is 27.0 Å². The molecule has 1 aliphatic carbocycles. The number of nitrogens with zero attached hydrogens (tertiary/aromatic N) is 1. The van der Waals surface area contributed by atoms with Gasteiger partial charge in [0.25, 0.3) is 5.24 Å². The molecule has 1 rings (SSSR count). The fourth-order valence-corrected chi connectivity index (χ4v) is 4.93. The minimum Gasteiger partial charge on any atom is -0.329 e. The Morgan fingerprint density at radius 1 is 1.15 bits per heavy atom. The summed E-state index contributed by atoms with van der Waals surface area (Å²) in [6.45, 7) is 14.9. The van der Waals surface area contributed by atoms with Crippen molar-refractivity contribution in [2.24, 2.45) is 0 Å². The van der Waals surface area contributed by atoms with Crippen LogP contribution in [0.3, 0.4) is 0 Å². The summed E-state index contributed by atoms with van der Waals surface area (Å²) in [4.78, 5) is 15.0. The molecule has 2 nitrogen and oxygen atoms in total. The molecular formula is C23H39NOS. The van der Waals surface area contributed by atoms with Crippen LogP contribution < -0.4 is 0 Å². The lowest BCUT2D eigenvalue weighted by atomic mass is 9.91. The Labute approximate surface area is 166 Å². The maximum Gasteiger partial charge on any atom is 0.282 e. The lowest BCUT2D eigenvalue weighted by Crippen LogP contribution is -2.42. The van der Waals surface area contributed by atoms with E-state index < -0.39 is 0 Å². The summed E-state index contributed by atoms with van der Waals surface area (Å²) in [5.74, 6) is 0. The molecular weight excluding hydrogens is 338 g/mol. The topological polar surface area (TPSA) is 20.3 Å². The van der Waals surface area contributed by atoms with Crippen LogP contribution in [0, 0.1) is 0 Å². The third-order valence-electron chi connectivity index (χ3n) is 4.89. The molecule has 0 heterocycles. The first-order chi connectivity index (χ1) is 12.2. The molecule has 0 N–H and O–H groups in total. The van der Waals surface area contributed by atoms with E-state index >= 15 is 0 Å². The van der Waals surface area contributed by atoms with E-state index in [2.05, 4.69) is 72.8 Å². The van der Waals surface area contributed by atoms with E-state index in [-0.39, 0.29) is 22.1 Å². The summed E-state index contributed by atoms with van der Waals surface area (Å²) in [6.07, 6.45) is 15.8. The van der Waals surface area contributed by atoms with E-state index in [1.54, 1.807) is 11.8 Å². The average Bonchev–Trinajstić information content (AvgIpc) is 2.52. The molecule has 1 aliphatic rings. The molecule has 0 radical (unpaired) electrons. The van der Waals surface area contributed by atoms with Gasteiger partial charge in [-0.15, -0.1) is 0 Å². The van der Waals surface area contributed by atoms with Crippen molar-refractivity contribution in [1.82, 2.24) is 4.90 Å². The molecule has 148 valence electrons. The lowest BCUT2D eigenvalue weighted by molar-refractivity contribution is 0.189. The van der Waals surface area contributed by atoms with Gasteiger partial charge in [0.1, 0.15) is 0 Å². The fraction of sp³-hybridized carbons (Fsp3) is 0.696. The van der Waals surface area contributed by atoms with E-state index in [0.717, 1.165) is 32.1 Å². The molecule has 0 aliphatic heterocycles. The highest BCUT2D eigenvalue weighted by Gasteiger charge is 2.34. The zero-order valence-corrected chi connectivity index (χ0v) is 18.8. The number of amides is 1. The van der Waals surface area contributed by atoms with Crippen LogP contribution in [-0.2, 0) is 0 Å². The highest BCUT2D eigenvalue weighted by Crippen LogP contribution is 2.41. The van der Waals surface area contributed by atoms with Crippen LogP contribution in [0.5, 0.6) is 0 Å². The Kier molecular flexibility index (Phi) is 9.78. The van der Waals surface area contributed by atoms with Gasteiger partial charge in [-0.25, -0.2) is 0 Å². The molecule has 0 bridgehead atoms. The third-order valence-corrected chi connectivity index (χ3v) is 6.19. The standard InChI is InChI=1S/C23H39NOS/c1-18(2)12-11-13-21(7)14-17-23(15-9-8-10-16-23)26-22(25)24(19(3)4)20(5)6/h9,12,14-15,19-20H,8,10-11,13,16-17H2,1-7H3/b21-14+/t23-/m1/s1. The monoisotopic (exact) mass is 377 g/mol. The SMILES string of the molecule is CC(C)=CCC/C(C)=C/C[C@@]1(SC(=O)N(C(C)C)C(C)C)C=CCCC1. The summed E-state index contributed by atoms with van der Waals surface area (Å²) < 4.78 is -0.0743. The Balaban J connectivity index is 2.84. The number of thioether (sulfide) groups is 1. The normalized spacial score (nSPS) is 20.6. The highest BCUT2D eigenvalue weighted by molar-refractivity contribution is 8.14. The minimum absolute atomic E-state index is 0.0743. The summed E-state index contributed by atoms with van der Waals surface area (Å²) in [6, 6.07) is 0.474. The fourth-order valence-electron chi connectivity index (χ4n) is 3.48. The van der Waals surface area contributed by atoms with Gasteiger partial charge in [0.2, 0.25) is 0 Å². The van der Waals surface area contributed by atoms with Crippen molar-refractivity contribution >= 4 is 17.0 Å². The van der Waals surface area contributed by atoms with Crippen molar-refractivity contribution in [3.05, 3.63) is 35.5 Å². The van der Waals surface area contributed by atoms with E-state index in [9.17, 15) is 4.79 Å². The first-order valence-electron chi connectivity index (χ1n) is 10.1. The number of carbonyl (C=O) groups is 1. The predicted octanol–water partition coefficient (Wildman–Crippen LogP) is 7.52. The summed E-state index contributed by atoms with van der Waals surface area (Å²) in [7, 11) is 0. The van der Waals surface area contributed by atoms with Crippen LogP contribution in [0.1, 0.15) is 87.0 Å². The predicted molar refractivity (Wildman–Crippen MR) is 118 cm³/mol. The number of carbonyl (C=O) groups excluding carboxylic acids is 1. The van der Waals surface area contributed by atoms with Gasteiger partial charge in [-0.2, -0.15) is 0 Å². The van der Waals surface area contributed by atoms with E-state index in [1.807, 2.05) is 4.90 Å². The maximum absolute atomic E-state index is 13.0. The van der Waals surface area contributed by atoms with Gasteiger partial charge >= 0.3 is 0 Å². The molecule has 1 atom stereocenters. The Morgan fingerprint density at radius 2 is 1.81 bits per heavy atom. The van der Waals surface area contributed by atoms with Crippen molar-refractivity contribution in [1.29, 1.82) is 0 Å². The van der Waals surface area contributed by atoms with Crippen LogP contribution in [0.2, 0.25) is 0 Å². The van der Waals surface area contributed by atoms with Gasteiger partial charge in [-0.05, 0) is 87.0 Å². The first-order valence-corrected chi connectivity index (χ1v) is 11.0. The van der Waals surface area contributed by atoms with Gasteiger partial charge in [-0.3, -0.25) is 4.79 Å². The van der Waals surface area contributed by atoms with Crippen molar-refractivity contribution in [2.75, 3.05) is 0 Å². The maximum atomic E-state index is 13.0. The van der Waals surface area contributed by atoms with Gasteiger partial charge in [0.15, 0.2) is 0 Å². The molecule has 0 fully saturated rings. The van der Waals surface area contributed by atoms with E-state index in [4.69, 9.17) is 0 Å². The number of hydrogen-bond acceptors (Lipinski definition) is 2. The number of hydrogen-bond donors (Lipinski definition) is 0. The van der Waals surface area contributed by atoms with Crippen LogP contribution in [0.25, 0.3) is 0 Å². The lowest BCUT2D eigenvalue weighted by Gasteiger charge is -2.36. The van der Waals surface area contributed by atoms with Gasteiger partial charge < -0.3 is 4.90 Å². The largest absolute Gasteiger partial charge is 0.329 e. The molecule has 0 saturated heterocycles. The van der Waals surface area contributed by atoms with Crippen LogP contribution in [0.4, 0.5) is 4.79 Å². The Morgan fingerprint density at radius 3 is 2.31 bits per heavy atom. The Hall–Kier alpha value is -0.960. The van der Waals surface area contributed by atoms with Crippen LogP contribution >= 0.6 is 11.8 Å². The molecule has 0 aromatic carbocycles. The average molecular weight is 378 g/mol. The molecule has 0 aromatic heterocycles. The molecule has 0 spiro atoms. The second kappa shape index (κ2) is 11.0. The minimum atomic E-state index is -0.0743. The highest BCUT2D eigenvalue weighted by atomic mass is 32.2. The summed E-state index contributed by atoms with van der Waals surface area (Å²) in [5, 5.41) is 0.220. The van der Waals surface area contributed by atoms with E-state index in [0.29, 0.717) is 0 Å². The van der Waals surface area contributed by atoms with Crippen molar-refractivity contribution in [2.45, 2.75) is 104 Å². The summed E-state index contributed by atoms with van der Waals surface area (Å²) >= 11 is 1.55. The zero-order chi connectivity index (χ0) is 19.7. The zero-order valence-electron chi connectivity index (χ0n) is 18.0. The molecule has 0 unspecified atom stereocenters.